The standard InChI is InChI=1S/C15H33BO2.C15H31Br.C15H31.C4H10O.BrH.2Mg.2H/c1-2-3-4-5-6-7-8-9-10-11-12-13-14-15-16(17)18;1-2-3-4-5-6-7-8-9-10-11-12-13-14-15-16;1-3-5-7-9-11-13-15-14-12-10-8-6-4-2;1-3-5-4-2;;;;;/h17-18H,2-15H2,1H3;2-15H2,1H3;1,3-15H2,2H3;3-4H2,1-2H3;1H;;;;/q;;-1;;;2*+2;2*-1/p-1. The molecule has 2 N–H and O–H groups in total. The van der Waals surface area contributed by atoms with E-state index in [2.05, 4.69) is 43.6 Å². The van der Waals surface area contributed by atoms with E-state index < -0.39 is 7.12 Å². The van der Waals surface area contributed by atoms with Crippen LogP contribution in [0.2, 0.25) is 6.32 Å². The Labute approximate surface area is 417 Å². The van der Waals surface area contributed by atoms with Crippen molar-refractivity contribution in [1.82, 2.24) is 0 Å². The SMILES string of the molecule is CCCCCCCCCCCCCCCB(O)O.CCCCCCCCCCCCCCCBr.CCOCC.[Br-].[CH2-]CCCCCCCCCCCCCC.[H-].[H-].[Mg+2].[Mg+2]. The van der Waals surface area contributed by atoms with Crippen molar-refractivity contribution in [2.24, 2.45) is 0 Å². The smallest absolute Gasteiger partial charge is 1.00 e. The number of hydrogen-bond donors (Lipinski definition) is 2. The summed E-state index contributed by atoms with van der Waals surface area (Å²) in [7, 11) is -1.10. The zero-order chi connectivity index (χ0) is 40.7. The topological polar surface area (TPSA) is 49.7 Å². The fraction of sp³-hybridized carbons (Fsp3) is 0.980. The number of halogens is 2. The Balaban J connectivity index is -0.0000000826. The van der Waals surface area contributed by atoms with Crippen molar-refractivity contribution in [3.05, 3.63) is 6.92 Å². The summed E-state index contributed by atoms with van der Waals surface area (Å²) >= 11 is 3.48. The molecule has 0 rings (SSSR count). The fourth-order valence-corrected chi connectivity index (χ4v) is 7.08. The van der Waals surface area contributed by atoms with Gasteiger partial charge in [0.05, 0.1) is 0 Å². The van der Waals surface area contributed by atoms with Crippen LogP contribution in [0.4, 0.5) is 0 Å². The molecule has 0 aliphatic heterocycles. The first-order valence-electron chi connectivity index (χ1n) is 24.8. The second-order valence-corrected chi connectivity index (χ2v) is 16.8. The average Bonchev–Trinajstić information content (AvgIpc) is 3.17. The van der Waals surface area contributed by atoms with E-state index in [1.165, 1.54) is 236 Å². The van der Waals surface area contributed by atoms with Gasteiger partial charge in [-0.05, 0) is 26.6 Å². The number of rotatable bonds is 41. The van der Waals surface area contributed by atoms with Gasteiger partial charge in [-0.1, -0.05) is 274 Å². The largest absolute Gasteiger partial charge is 2.00 e. The predicted molar refractivity (Wildman–Crippen MR) is 267 cm³/mol. The minimum Gasteiger partial charge on any atom is -1.00 e. The summed E-state index contributed by atoms with van der Waals surface area (Å²) < 4.78 is 4.83. The van der Waals surface area contributed by atoms with Crippen LogP contribution in [-0.2, 0) is 4.74 Å². The fourth-order valence-electron chi connectivity index (χ4n) is 6.68. The molecule has 342 valence electrons. The number of ether oxygens (including phenoxy) is 1. The van der Waals surface area contributed by atoms with E-state index in [9.17, 15) is 0 Å². The average molecular weight is 964 g/mol. The Morgan fingerprint density at radius 1 is 0.386 bits per heavy atom. The molecule has 8 heteroatoms. The number of unbranched alkanes of at least 4 members (excludes halogenated alkanes) is 36. The predicted octanol–water partition coefficient (Wildman–Crippen LogP) is 14.4. The monoisotopic (exact) mass is 961 g/mol. The van der Waals surface area contributed by atoms with Crippen LogP contribution >= 0.6 is 15.9 Å². The first-order chi connectivity index (χ1) is 26.5. The molecular weight excluding hydrogens is 856 g/mol. The summed E-state index contributed by atoms with van der Waals surface area (Å²) in [5, 5.41) is 18.6. The third kappa shape index (κ3) is 94.3. The maximum absolute atomic E-state index is 8.69. The van der Waals surface area contributed by atoms with E-state index in [-0.39, 0.29) is 65.9 Å². The van der Waals surface area contributed by atoms with Crippen molar-refractivity contribution >= 4 is 69.2 Å². The molecular formula is C49H107BBr2Mg2O3. The Kier molecular flexibility index (Phi) is 102. The third-order valence-corrected chi connectivity index (χ3v) is 10.9. The summed E-state index contributed by atoms with van der Waals surface area (Å²) in [6, 6.07) is 0. The molecule has 0 amide bonds. The molecule has 0 atom stereocenters. The molecule has 0 saturated heterocycles. The van der Waals surface area contributed by atoms with Gasteiger partial charge in [0, 0.05) is 18.5 Å². The quantitative estimate of drug-likeness (QED) is 0.0278. The van der Waals surface area contributed by atoms with Crippen LogP contribution in [0.25, 0.3) is 0 Å². The van der Waals surface area contributed by atoms with E-state index in [0.29, 0.717) is 6.32 Å². The number of hydrogen-bond acceptors (Lipinski definition) is 3. The molecule has 57 heavy (non-hydrogen) atoms. The molecule has 0 aliphatic carbocycles. The molecule has 0 bridgehead atoms. The van der Waals surface area contributed by atoms with Crippen LogP contribution in [-0.4, -0.2) is 81.8 Å². The molecule has 0 heterocycles. The van der Waals surface area contributed by atoms with Crippen molar-refractivity contribution in [1.29, 1.82) is 0 Å². The van der Waals surface area contributed by atoms with E-state index in [1.54, 1.807) is 0 Å². The molecule has 0 spiro atoms. The molecule has 0 fully saturated rings. The zero-order valence-corrected chi connectivity index (χ0v) is 46.2. The van der Waals surface area contributed by atoms with Gasteiger partial charge < -0.3 is 41.5 Å². The Hall–Kier alpha value is 2.44. The summed E-state index contributed by atoms with van der Waals surface area (Å²) in [6.07, 6.45) is 54.9. The van der Waals surface area contributed by atoms with E-state index in [1.807, 2.05) is 13.8 Å². The molecule has 0 aliphatic rings. The minimum atomic E-state index is -1.10. The zero-order valence-electron chi connectivity index (χ0n) is 42.2. The number of alkyl halides is 1. The second-order valence-electron chi connectivity index (χ2n) is 16.0. The van der Waals surface area contributed by atoms with Crippen molar-refractivity contribution in [3.8, 4) is 0 Å². The maximum Gasteiger partial charge on any atom is 2.00 e. The van der Waals surface area contributed by atoms with Crippen LogP contribution in [0, 0.1) is 6.92 Å². The van der Waals surface area contributed by atoms with Gasteiger partial charge in [-0.15, -0.1) is 0 Å². The Bertz CT molecular complexity index is 553. The van der Waals surface area contributed by atoms with Gasteiger partial charge >= 0.3 is 53.2 Å². The summed E-state index contributed by atoms with van der Waals surface area (Å²) in [5.74, 6) is 0. The van der Waals surface area contributed by atoms with E-state index >= 15 is 0 Å². The van der Waals surface area contributed by atoms with Crippen molar-refractivity contribution in [3.63, 3.8) is 0 Å². The first kappa shape index (κ1) is 73.8. The summed E-state index contributed by atoms with van der Waals surface area (Å²) in [4.78, 5) is 0. The third-order valence-electron chi connectivity index (χ3n) is 10.3. The van der Waals surface area contributed by atoms with Gasteiger partial charge in [0.1, 0.15) is 0 Å². The van der Waals surface area contributed by atoms with Gasteiger partial charge in [-0.25, -0.2) is 0 Å². The van der Waals surface area contributed by atoms with Crippen LogP contribution in [0.1, 0.15) is 288 Å². The molecule has 0 radical (unpaired) electrons. The molecule has 3 nitrogen and oxygen atoms in total. The van der Waals surface area contributed by atoms with Gasteiger partial charge in [0.2, 0.25) is 0 Å². The van der Waals surface area contributed by atoms with Gasteiger partial charge in [0.25, 0.3) is 0 Å². The first-order valence-corrected chi connectivity index (χ1v) is 25.9. The molecule has 0 aromatic carbocycles. The van der Waals surface area contributed by atoms with Crippen LogP contribution in [0.15, 0.2) is 0 Å². The normalized spacial score (nSPS) is 10.1. The molecule has 0 saturated carbocycles. The second kappa shape index (κ2) is 78.9. The van der Waals surface area contributed by atoms with Crippen LogP contribution in [0.5, 0.6) is 0 Å². The van der Waals surface area contributed by atoms with Gasteiger partial charge in [-0.3, -0.25) is 0 Å². The van der Waals surface area contributed by atoms with Crippen molar-refractivity contribution in [2.45, 2.75) is 291 Å². The molecule has 0 aromatic heterocycles. The van der Waals surface area contributed by atoms with Crippen LogP contribution in [0.3, 0.4) is 0 Å². The van der Waals surface area contributed by atoms with Crippen molar-refractivity contribution < 1.29 is 34.6 Å². The Morgan fingerprint density at radius 3 is 0.772 bits per heavy atom. The minimum absolute atomic E-state index is 0. The summed E-state index contributed by atoms with van der Waals surface area (Å²) in [6.45, 7) is 16.4. The van der Waals surface area contributed by atoms with Gasteiger partial charge in [0.15, 0.2) is 0 Å². The summed E-state index contributed by atoms with van der Waals surface area (Å²) in [5.41, 5.74) is 0. The molecule has 0 unspecified atom stereocenters. The van der Waals surface area contributed by atoms with Crippen molar-refractivity contribution in [2.75, 3.05) is 18.5 Å². The van der Waals surface area contributed by atoms with Crippen LogP contribution < -0.4 is 17.0 Å². The van der Waals surface area contributed by atoms with E-state index in [0.717, 1.165) is 32.5 Å². The van der Waals surface area contributed by atoms with E-state index in [4.69, 9.17) is 14.8 Å². The maximum atomic E-state index is 8.69. The van der Waals surface area contributed by atoms with Gasteiger partial charge in [-0.2, -0.15) is 6.42 Å². The molecule has 0 aromatic rings. The Morgan fingerprint density at radius 2 is 0.596 bits per heavy atom.